The summed E-state index contributed by atoms with van der Waals surface area (Å²) in [6.07, 6.45) is 2.77. The van der Waals surface area contributed by atoms with Gasteiger partial charge >= 0.3 is 0 Å². The number of halogens is 1. The standard InChI is InChI=1S/C28H26FN3O/c1-30-28-24-15-14-23(29)19-22(24)13-16-25(28)31-26(18-21-10-6-3-7-11-21)32-27(33)17-12-20-8-4-2-5-9-20/h2-11,14-15,19H,1,12-13,16-18H2,(H,31,32,33). The molecule has 0 spiro atoms. The van der Waals surface area contributed by atoms with Gasteiger partial charge < -0.3 is 5.32 Å². The molecule has 0 atom stereocenters. The fourth-order valence-corrected chi connectivity index (χ4v) is 4.00. The van der Waals surface area contributed by atoms with Gasteiger partial charge in [0.1, 0.15) is 11.7 Å². The second kappa shape index (κ2) is 10.6. The van der Waals surface area contributed by atoms with Gasteiger partial charge in [0.25, 0.3) is 0 Å². The van der Waals surface area contributed by atoms with Crippen LogP contribution in [-0.4, -0.2) is 18.5 Å². The molecule has 0 aromatic heterocycles. The van der Waals surface area contributed by atoms with E-state index in [2.05, 4.69) is 17.0 Å². The fraction of sp³-hybridized carbons (Fsp3) is 0.179. The van der Waals surface area contributed by atoms with Crippen LogP contribution in [0.25, 0.3) is 5.70 Å². The first-order chi connectivity index (χ1) is 16.1. The zero-order valence-corrected chi connectivity index (χ0v) is 18.4. The van der Waals surface area contributed by atoms with E-state index >= 15 is 0 Å². The average molecular weight is 440 g/mol. The summed E-state index contributed by atoms with van der Waals surface area (Å²) < 4.78 is 13.7. The molecule has 1 aliphatic rings. The average Bonchev–Trinajstić information content (AvgIpc) is 2.84. The van der Waals surface area contributed by atoms with E-state index < -0.39 is 0 Å². The number of aliphatic imine (C=N–C) groups is 2. The number of nitrogens with one attached hydrogen (secondary N) is 1. The maximum absolute atomic E-state index is 13.7. The summed E-state index contributed by atoms with van der Waals surface area (Å²) in [4.78, 5) is 21.8. The van der Waals surface area contributed by atoms with Crippen molar-refractivity contribution in [3.63, 3.8) is 0 Å². The van der Waals surface area contributed by atoms with Crippen LogP contribution in [0.4, 0.5) is 4.39 Å². The first-order valence-corrected chi connectivity index (χ1v) is 11.1. The Morgan fingerprint density at radius 1 is 0.939 bits per heavy atom. The van der Waals surface area contributed by atoms with E-state index in [1.165, 1.54) is 12.1 Å². The van der Waals surface area contributed by atoms with Crippen LogP contribution < -0.4 is 5.32 Å². The topological polar surface area (TPSA) is 53.8 Å². The molecule has 33 heavy (non-hydrogen) atoms. The van der Waals surface area contributed by atoms with Crippen molar-refractivity contribution in [3.8, 4) is 0 Å². The lowest BCUT2D eigenvalue weighted by Crippen LogP contribution is -2.32. The Hall–Kier alpha value is -3.86. The number of rotatable bonds is 7. The van der Waals surface area contributed by atoms with Crippen LogP contribution in [-0.2, 0) is 24.1 Å². The minimum atomic E-state index is -0.264. The van der Waals surface area contributed by atoms with E-state index in [1.807, 2.05) is 60.7 Å². The third-order valence-electron chi connectivity index (χ3n) is 5.64. The Kier molecular flexibility index (Phi) is 7.20. The van der Waals surface area contributed by atoms with Crippen LogP contribution in [0.15, 0.2) is 94.5 Å². The first-order valence-electron chi connectivity index (χ1n) is 11.1. The number of benzene rings is 3. The molecule has 1 aliphatic carbocycles. The highest BCUT2D eigenvalue weighted by Crippen LogP contribution is 2.33. The highest BCUT2D eigenvalue weighted by molar-refractivity contribution is 6.00. The number of nitrogens with zero attached hydrogens (tertiary/aromatic N) is 2. The van der Waals surface area contributed by atoms with Crippen LogP contribution in [0.1, 0.15) is 35.1 Å². The molecule has 0 aliphatic heterocycles. The maximum Gasteiger partial charge on any atom is 0.225 e. The summed E-state index contributed by atoms with van der Waals surface area (Å²) in [6.45, 7) is 3.71. The molecule has 166 valence electrons. The highest BCUT2D eigenvalue weighted by atomic mass is 19.1. The number of amides is 1. The van der Waals surface area contributed by atoms with Crippen molar-refractivity contribution in [2.24, 2.45) is 9.98 Å². The molecule has 0 radical (unpaired) electrons. The molecule has 4 rings (SSSR count). The number of allylic oxidation sites excluding steroid dienone is 1. The number of hydrogen-bond donors (Lipinski definition) is 1. The molecule has 1 amide bonds. The third-order valence-corrected chi connectivity index (χ3v) is 5.64. The Bertz CT molecular complexity index is 1200. The third kappa shape index (κ3) is 5.89. The molecule has 0 fully saturated rings. The fourth-order valence-electron chi connectivity index (χ4n) is 4.00. The van der Waals surface area contributed by atoms with Gasteiger partial charge in [-0.2, -0.15) is 0 Å². The summed E-state index contributed by atoms with van der Waals surface area (Å²) in [5.41, 5.74) is 5.29. The number of carbonyl (C=O) groups excluding carboxylic acids is 1. The molecule has 3 aromatic rings. The van der Waals surface area contributed by atoms with Gasteiger partial charge in [-0.1, -0.05) is 60.7 Å². The zero-order valence-electron chi connectivity index (χ0n) is 18.4. The van der Waals surface area contributed by atoms with Crippen LogP contribution in [0.5, 0.6) is 0 Å². The predicted octanol–water partition coefficient (Wildman–Crippen LogP) is 5.53. The molecule has 0 unspecified atom stereocenters. The maximum atomic E-state index is 13.7. The van der Waals surface area contributed by atoms with E-state index in [-0.39, 0.29) is 11.7 Å². The molecule has 0 heterocycles. The molecular formula is C28H26FN3O. The van der Waals surface area contributed by atoms with Crippen molar-refractivity contribution < 1.29 is 9.18 Å². The Balaban J connectivity index is 1.60. The molecule has 1 N–H and O–H groups in total. The van der Waals surface area contributed by atoms with Crippen LogP contribution in [0.3, 0.4) is 0 Å². The molecule has 0 saturated carbocycles. The summed E-state index contributed by atoms with van der Waals surface area (Å²) in [7, 11) is 0. The first kappa shape index (κ1) is 22.3. The normalized spacial score (nSPS) is 13.4. The second-order valence-corrected chi connectivity index (χ2v) is 8.01. The number of hydrogen-bond acceptors (Lipinski definition) is 3. The van der Waals surface area contributed by atoms with Crippen molar-refractivity contribution in [2.75, 3.05) is 0 Å². The minimum absolute atomic E-state index is 0.0828. The van der Waals surface area contributed by atoms with Crippen molar-refractivity contribution in [3.05, 3.63) is 113 Å². The second-order valence-electron chi connectivity index (χ2n) is 8.01. The van der Waals surface area contributed by atoms with E-state index in [0.29, 0.717) is 43.6 Å². The lowest BCUT2D eigenvalue weighted by atomic mass is 9.92. The minimum Gasteiger partial charge on any atom is -0.314 e. The van der Waals surface area contributed by atoms with Gasteiger partial charge in [0, 0.05) is 18.4 Å². The van der Waals surface area contributed by atoms with Crippen molar-refractivity contribution >= 4 is 24.2 Å². The molecule has 5 heteroatoms. The monoisotopic (exact) mass is 439 g/mol. The highest BCUT2D eigenvalue weighted by Gasteiger charge is 2.20. The number of fused-ring (bicyclic) bond motifs is 1. The van der Waals surface area contributed by atoms with E-state index in [4.69, 9.17) is 4.99 Å². The van der Waals surface area contributed by atoms with Gasteiger partial charge in [-0.05, 0) is 60.9 Å². The summed E-state index contributed by atoms with van der Waals surface area (Å²) in [5.74, 6) is 0.223. The Morgan fingerprint density at radius 2 is 1.64 bits per heavy atom. The molecular weight excluding hydrogens is 413 g/mol. The number of aryl methyl sites for hydroxylation is 2. The summed E-state index contributed by atoms with van der Waals surface area (Å²) in [5, 5.41) is 3.02. The van der Waals surface area contributed by atoms with Crippen LogP contribution in [0.2, 0.25) is 0 Å². The smallest absolute Gasteiger partial charge is 0.225 e. The lowest BCUT2D eigenvalue weighted by Gasteiger charge is -2.19. The van der Waals surface area contributed by atoms with Crippen LogP contribution in [0, 0.1) is 5.82 Å². The van der Waals surface area contributed by atoms with Gasteiger partial charge in [-0.3, -0.25) is 9.79 Å². The van der Waals surface area contributed by atoms with E-state index in [9.17, 15) is 9.18 Å². The largest absolute Gasteiger partial charge is 0.314 e. The molecule has 4 nitrogen and oxygen atoms in total. The van der Waals surface area contributed by atoms with Crippen LogP contribution >= 0.6 is 0 Å². The van der Waals surface area contributed by atoms with Crippen molar-refractivity contribution in [2.45, 2.75) is 32.1 Å². The SMILES string of the molecule is C=NC1=C(N=C(Cc2ccccc2)NC(=O)CCc2ccccc2)CCc2cc(F)ccc21. The van der Waals surface area contributed by atoms with E-state index in [0.717, 1.165) is 28.0 Å². The number of amidine groups is 1. The molecule has 0 saturated heterocycles. The zero-order chi connectivity index (χ0) is 23.0. The van der Waals surface area contributed by atoms with Gasteiger partial charge in [0.15, 0.2) is 0 Å². The van der Waals surface area contributed by atoms with Gasteiger partial charge in [0.05, 0.1) is 11.4 Å². The summed E-state index contributed by atoms with van der Waals surface area (Å²) in [6, 6.07) is 24.5. The quantitative estimate of drug-likeness (QED) is 0.382. The Morgan fingerprint density at radius 3 is 2.33 bits per heavy atom. The predicted molar refractivity (Wildman–Crippen MR) is 132 cm³/mol. The molecule has 0 bridgehead atoms. The van der Waals surface area contributed by atoms with Gasteiger partial charge in [-0.15, -0.1) is 0 Å². The molecule has 3 aromatic carbocycles. The van der Waals surface area contributed by atoms with E-state index in [1.54, 1.807) is 6.07 Å². The van der Waals surface area contributed by atoms with Gasteiger partial charge in [-0.25, -0.2) is 9.38 Å². The summed E-state index contributed by atoms with van der Waals surface area (Å²) >= 11 is 0. The van der Waals surface area contributed by atoms with Crippen molar-refractivity contribution in [1.29, 1.82) is 0 Å². The van der Waals surface area contributed by atoms with Crippen molar-refractivity contribution in [1.82, 2.24) is 5.32 Å². The van der Waals surface area contributed by atoms with Gasteiger partial charge in [0.2, 0.25) is 5.91 Å². The number of carbonyl (C=O) groups is 1. The lowest BCUT2D eigenvalue weighted by molar-refractivity contribution is -0.119. The Labute approximate surface area is 193 Å².